The monoisotopic (exact) mass is 358 g/mol. The van der Waals surface area contributed by atoms with Gasteiger partial charge in [0.1, 0.15) is 6.61 Å². The standard InChI is InChI=1S/C22H30O4/c1-5-22(20(24)25-4)13-6-12-21(3)17(15(2)7-10-18(21)22)9-8-16-11-14-26-19(16)23/h5,11,17-18H,1-2,6-10,12-14H2,3-4H3/t17-,18?,21+,22-/m0/s1. The Morgan fingerprint density at radius 2 is 2.23 bits per heavy atom. The summed E-state index contributed by atoms with van der Waals surface area (Å²) in [7, 11) is 1.47. The maximum absolute atomic E-state index is 12.7. The molecular weight excluding hydrogens is 328 g/mol. The molecule has 1 aliphatic heterocycles. The second kappa shape index (κ2) is 7.05. The van der Waals surface area contributed by atoms with Crippen LogP contribution in [0.2, 0.25) is 0 Å². The molecule has 2 fully saturated rings. The third-order valence-electron chi connectivity index (χ3n) is 7.21. The molecular formula is C22H30O4. The van der Waals surface area contributed by atoms with Gasteiger partial charge in [-0.05, 0) is 61.9 Å². The number of rotatable bonds is 5. The molecule has 142 valence electrons. The van der Waals surface area contributed by atoms with E-state index >= 15 is 0 Å². The Hall–Kier alpha value is -1.84. The van der Waals surface area contributed by atoms with Gasteiger partial charge in [-0.3, -0.25) is 4.79 Å². The van der Waals surface area contributed by atoms with Crippen molar-refractivity contribution >= 4 is 11.9 Å². The zero-order valence-electron chi connectivity index (χ0n) is 16.0. The molecule has 0 aromatic heterocycles. The number of cyclic esters (lactones) is 1. The summed E-state index contributed by atoms with van der Waals surface area (Å²) in [6, 6.07) is 0. The highest BCUT2D eigenvalue weighted by Gasteiger charge is 2.58. The fourth-order valence-corrected chi connectivity index (χ4v) is 5.87. The minimum Gasteiger partial charge on any atom is -0.468 e. The van der Waals surface area contributed by atoms with Gasteiger partial charge >= 0.3 is 11.9 Å². The van der Waals surface area contributed by atoms with E-state index in [0.29, 0.717) is 18.9 Å². The molecule has 4 atom stereocenters. The topological polar surface area (TPSA) is 52.6 Å². The molecule has 0 aromatic carbocycles. The first kappa shape index (κ1) is 18.9. The van der Waals surface area contributed by atoms with Crippen LogP contribution in [0.15, 0.2) is 36.5 Å². The summed E-state index contributed by atoms with van der Waals surface area (Å²) in [5.41, 5.74) is 1.40. The summed E-state index contributed by atoms with van der Waals surface area (Å²) >= 11 is 0. The molecule has 4 nitrogen and oxygen atoms in total. The Morgan fingerprint density at radius 3 is 2.85 bits per heavy atom. The first-order valence-corrected chi connectivity index (χ1v) is 9.65. The van der Waals surface area contributed by atoms with Crippen LogP contribution < -0.4 is 0 Å². The lowest BCUT2D eigenvalue weighted by atomic mass is 9.46. The molecule has 0 amide bonds. The zero-order valence-corrected chi connectivity index (χ0v) is 16.0. The van der Waals surface area contributed by atoms with Gasteiger partial charge in [0.05, 0.1) is 12.5 Å². The summed E-state index contributed by atoms with van der Waals surface area (Å²) < 4.78 is 10.2. The second-order valence-electron chi connectivity index (χ2n) is 8.26. The average molecular weight is 358 g/mol. The van der Waals surface area contributed by atoms with E-state index in [-0.39, 0.29) is 23.3 Å². The van der Waals surface area contributed by atoms with Gasteiger partial charge in [0.15, 0.2) is 0 Å². The fourth-order valence-electron chi connectivity index (χ4n) is 5.87. The van der Waals surface area contributed by atoms with Crippen LogP contribution in [-0.2, 0) is 19.1 Å². The van der Waals surface area contributed by atoms with Crippen molar-refractivity contribution in [2.75, 3.05) is 13.7 Å². The van der Waals surface area contributed by atoms with Crippen molar-refractivity contribution in [1.29, 1.82) is 0 Å². The smallest absolute Gasteiger partial charge is 0.334 e. The predicted octanol–water partition coefficient (Wildman–Crippen LogP) is 4.37. The molecule has 3 aliphatic rings. The summed E-state index contributed by atoms with van der Waals surface area (Å²) in [5, 5.41) is 0. The Bertz CT molecular complexity index is 661. The highest BCUT2D eigenvalue weighted by atomic mass is 16.5. The van der Waals surface area contributed by atoms with E-state index in [1.807, 2.05) is 12.2 Å². The molecule has 0 bridgehead atoms. The molecule has 4 heteroatoms. The molecule has 2 saturated carbocycles. The average Bonchev–Trinajstić information content (AvgIpc) is 3.04. The van der Waals surface area contributed by atoms with E-state index in [9.17, 15) is 9.59 Å². The van der Waals surface area contributed by atoms with E-state index in [4.69, 9.17) is 9.47 Å². The first-order chi connectivity index (χ1) is 12.4. The van der Waals surface area contributed by atoms with Gasteiger partial charge in [0.25, 0.3) is 0 Å². The van der Waals surface area contributed by atoms with Gasteiger partial charge in [0, 0.05) is 5.57 Å². The van der Waals surface area contributed by atoms with Gasteiger partial charge in [-0.1, -0.05) is 31.6 Å². The van der Waals surface area contributed by atoms with Gasteiger partial charge in [-0.2, -0.15) is 0 Å². The van der Waals surface area contributed by atoms with Crippen LogP contribution in [0.5, 0.6) is 0 Å². The number of fused-ring (bicyclic) bond motifs is 1. The fraction of sp³-hybridized carbons (Fsp3) is 0.636. The van der Waals surface area contributed by atoms with E-state index in [2.05, 4.69) is 20.1 Å². The van der Waals surface area contributed by atoms with Crippen molar-refractivity contribution in [1.82, 2.24) is 0 Å². The molecule has 2 aliphatic carbocycles. The lowest BCUT2D eigenvalue weighted by molar-refractivity contribution is -0.163. The van der Waals surface area contributed by atoms with E-state index in [1.54, 1.807) is 0 Å². The zero-order chi connectivity index (χ0) is 18.9. The number of carbonyl (C=O) groups is 2. The molecule has 1 unspecified atom stereocenters. The third kappa shape index (κ3) is 2.83. The van der Waals surface area contributed by atoms with Crippen LogP contribution >= 0.6 is 0 Å². The number of carbonyl (C=O) groups excluding carboxylic acids is 2. The maximum atomic E-state index is 12.7. The van der Waals surface area contributed by atoms with Crippen LogP contribution in [0.4, 0.5) is 0 Å². The minimum atomic E-state index is -0.605. The van der Waals surface area contributed by atoms with Crippen LogP contribution in [0.1, 0.15) is 51.9 Å². The molecule has 26 heavy (non-hydrogen) atoms. The van der Waals surface area contributed by atoms with Gasteiger partial charge in [-0.25, -0.2) is 4.79 Å². The van der Waals surface area contributed by atoms with Crippen molar-refractivity contribution in [2.24, 2.45) is 22.7 Å². The Balaban J connectivity index is 1.88. The molecule has 0 N–H and O–H groups in total. The number of esters is 2. The van der Waals surface area contributed by atoms with Crippen LogP contribution in [0, 0.1) is 22.7 Å². The predicted molar refractivity (Wildman–Crippen MR) is 100 cm³/mol. The number of methoxy groups -OCH3 is 1. The third-order valence-corrected chi connectivity index (χ3v) is 7.21. The van der Waals surface area contributed by atoms with Crippen LogP contribution in [0.25, 0.3) is 0 Å². The van der Waals surface area contributed by atoms with Crippen molar-refractivity contribution in [3.63, 3.8) is 0 Å². The van der Waals surface area contributed by atoms with E-state index in [0.717, 1.165) is 44.1 Å². The number of hydrogen-bond donors (Lipinski definition) is 0. The van der Waals surface area contributed by atoms with Crippen molar-refractivity contribution < 1.29 is 19.1 Å². The first-order valence-electron chi connectivity index (χ1n) is 9.65. The van der Waals surface area contributed by atoms with Crippen LogP contribution in [-0.4, -0.2) is 25.7 Å². The maximum Gasteiger partial charge on any atom is 0.334 e. The SMILES string of the molecule is C=C[C@]1(C(=O)OC)CCC[C@@]2(C)C1CCC(=C)[C@@H]2CCC1=CCOC1=O. The summed E-state index contributed by atoms with van der Waals surface area (Å²) in [4.78, 5) is 24.5. The Labute approximate surface area is 156 Å². The quantitative estimate of drug-likeness (QED) is 0.541. The molecule has 1 heterocycles. The summed E-state index contributed by atoms with van der Waals surface area (Å²) in [5.74, 6) is 0.150. The van der Waals surface area contributed by atoms with E-state index in [1.165, 1.54) is 12.7 Å². The largest absolute Gasteiger partial charge is 0.468 e. The van der Waals surface area contributed by atoms with Crippen molar-refractivity contribution in [3.8, 4) is 0 Å². The lowest BCUT2D eigenvalue weighted by Gasteiger charge is -2.57. The molecule has 0 spiro atoms. The second-order valence-corrected chi connectivity index (χ2v) is 8.26. The Morgan fingerprint density at radius 1 is 1.46 bits per heavy atom. The number of hydrogen-bond acceptors (Lipinski definition) is 4. The highest BCUT2D eigenvalue weighted by Crippen LogP contribution is 2.62. The van der Waals surface area contributed by atoms with Crippen LogP contribution in [0.3, 0.4) is 0 Å². The molecule has 3 rings (SSSR count). The van der Waals surface area contributed by atoms with Crippen molar-refractivity contribution in [3.05, 3.63) is 36.5 Å². The highest BCUT2D eigenvalue weighted by molar-refractivity contribution is 5.90. The number of ether oxygens (including phenoxy) is 2. The van der Waals surface area contributed by atoms with Gasteiger partial charge in [0.2, 0.25) is 0 Å². The summed E-state index contributed by atoms with van der Waals surface area (Å²) in [6.45, 7) is 11.1. The normalized spacial score (nSPS) is 36.8. The molecule has 0 saturated heterocycles. The van der Waals surface area contributed by atoms with Gasteiger partial charge < -0.3 is 9.47 Å². The Kier molecular flexibility index (Phi) is 5.14. The minimum absolute atomic E-state index is 0.0287. The number of allylic oxidation sites excluding steroid dienone is 1. The van der Waals surface area contributed by atoms with E-state index < -0.39 is 5.41 Å². The van der Waals surface area contributed by atoms with Crippen molar-refractivity contribution in [2.45, 2.75) is 51.9 Å². The van der Waals surface area contributed by atoms with Gasteiger partial charge in [-0.15, -0.1) is 6.58 Å². The summed E-state index contributed by atoms with van der Waals surface area (Å²) in [6.07, 6.45) is 10.0. The lowest BCUT2D eigenvalue weighted by Crippen LogP contribution is -2.54. The molecule has 0 radical (unpaired) electrons. The molecule has 0 aromatic rings.